The highest BCUT2D eigenvalue weighted by atomic mass is 35.5. The Balaban J connectivity index is 1.67. The Hall–Kier alpha value is -1.68. The Labute approximate surface area is 156 Å². The van der Waals surface area contributed by atoms with Crippen LogP contribution in [0.3, 0.4) is 0 Å². The summed E-state index contributed by atoms with van der Waals surface area (Å²) in [7, 11) is -3.66. The summed E-state index contributed by atoms with van der Waals surface area (Å²) in [6.45, 7) is 1.34. The van der Waals surface area contributed by atoms with Crippen LogP contribution in [-0.4, -0.2) is 68.9 Å². The summed E-state index contributed by atoms with van der Waals surface area (Å²) in [6, 6.07) is 4.10. The Bertz CT molecular complexity index is 807. The van der Waals surface area contributed by atoms with Gasteiger partial charge in [0.25, 0.3) is 5.91 Å². The Morgan fingerprint density at radius 1 is 1.23 bits per heavy atom. The smallest absolute Gasteiger partial charge is 0.267 e. The SMILES string of the molecule is O=C1CCCN1C(=O)COc1ccc(S(=O)(=O)N2CCOCC2)cc1Cl. The minimum atomic E-state index is -3.66. The first-order valence-corrected chi connectivity index (χ1v) is 10.0. The zero-order chi connectivity index (χ0) is 18.7. The molecule has 2 aliphatic heterocycles. The molecule has 2 heterocycles. The number of rotatable bonds is 5. The van der Waals surface area contributed by atoms with Crippen molar-refractivity contribution in [3.05, 3.63) is 23.2 Å². The lowest BCUT2D eigenvalue weighted by Gasteiger charge is -2.26. The summed E-state index contributed by atoms with van der Waals surface area (Å²) in [5.41, 5.74) is 0. The molecule has 0 unspecified atom stereocenters. The van der Waals surface area contributed by atoms with Crippen LogP contribution in [0.25, 0.3) is 0 Å². The number of sulfonamides is 1. The summed E-state index contributed by atoms with van der Waals surface area (Å²) >= 11 is 6.12. The van der Waals surface area contributed by atoms with E-state index in [4.69, 9.17) is 21.1 Å². The van der Waals surface area contributed by atoms with Gasteiger partial charge in [0, 0.05) is 26.1 Å². The summed E-state index contributed by atoms with van der Waals surface area (Å²) in [5, 5.41) is 0.0832. The second-order valence-electron chi connectivity index (χ2n) is 5.94. The molecule has 0 aromatic heterocycles. The first-order chi connectivity index (χ1) is 12.4. The summed E-state index contributed by atoms with van der Waals surface area (Å²) in [6.07, 6.45) is 1.01. The van der Waals surface area contributed by atoms with E-state index < -0.39 is 15.9 Å². The number of halogens is 1. The van der Waals surface area contributed by atoms with Crippen molar-refractivity contribution in [1.82, 2.24) is 9.21 Å². The molecule has 0 bridgehead atoms. The van der Waals surface area contributed by atoms with Gasteiger partial charge in [-0.25, -0.2) is 8.42 Å². The normalized spacial score (nSPS) is 19.0. The zero-order valence-corrected chi connectivity index (χ0v) is 15.6. The second kappa shape index (κ2) is 7.91. The lowest BCUT2D eigenvalue weighted by molar-refractivity contribution is -0.143. The van der Waals surface area contributed by atoms with Gasteiger partial charge in [-0.1, -0.05) is 11.6 Å². The molecule has 10 heteroatoms. The molecule has 0 aliphatic carbocycles. The minimum absolute atomic E-state index is 0.0535. The molecule has 3 rings (SSSR count). The molecule has 0 atom stereocenters. The van der Waals surface area contributed by atoms with E-state index in [1.807, 2.05) is 0 Å². The van der Waals surface area contributed by atoms with Gasteiger partial charge >= 0.3 is 0 Å². The van der Waals surface area contributed by atoms with Gasteiger partial charge in [0.05, 0.1) is 23.1 Å². The van der Waals surface area contributed by atoms with E-state index in [9.17, 15) is 18.0 Å². The molecule has 8 nitrogen and oxygen atoms in total. The largest absolute Gasteiger partial charge is 0.482 e. The molecule has 2 saturated heterocycles. The van der Waals surface area contributed by atoms with Crippen LogP contribution in [0, 0.1) is 0 Å². The molecule has 1 aromatic rings. The fraction of sp³-hybridized carbons (Fsp3) is 0.500. The van der Waals surface area contributed by atoms with Crippen molar-refractivity contribution in [2.45, 2.75) is 17.7 Å². The second-order valence-corrected chi connectivity index (χ2v) is 8.29. The number of hydrogen-bond donors (Lipinski definition) is 0. The fourth-order valence-electron chi connectivity index (χ4n) is 2.82. The van der Waals surface area contributed by atoms with Gasteiger partial charge in [-0.15, -0.1) is 0 Å². The Morgan fingerprint density at radius 3 is 2.58 bits per heavy atom. The van der Waals surface area contributed by atoms with E-state index in [0.717, 1.165) is 4.90 Å². The highest BCUT2D eigenvalue weighted by Crippen LogP contribution is 2.29. The molecule has 2 amide bonds. The van der Waals surface area contributed by atoms with E-state index in [-0.39, 0.29) is 41.3 Å². The van der Waals surface area contributed by atoms with Gasteiger partial charge in [0.2, 0.25) is 15.9 Å². The lowest BCUT2D eigenvalue weighted by Crippen LogP contribution is -2.40. The van der Waals surface area contributed by atoms with Crippen molar-refractivity contribution < 1.29 is 27.5 Å². The van der Waals surface area contributed by atoms with Gasteiger partial charge < -0.3 is 9.47 Å². The average Bonchev–Trinajstić information content (AvgIpc) is 3.07. The van der Waals surface area contributed by atoms with Crippen LogP contribution < -0.4 is 4.74 Å². The highest BCUT2D eigenvalue weighted by molar-refractivity contribution is 7.89. The maximum Gasteiger partial charge on any atom is 0.267 e. The van der Waals surface area contributed by atoms with Crippen LogP contribution in [0.1, 0.15) is 12.8 Å². The first kappa shape index (κ1) is 19.1. The van der Waals surface area contributed by atoms with Crippen molar-refractivity contribution in [1.29, 1.82) is 0 Å². The predicted octanol–water partition coefficient (Wildman–Crippen LogP) is 0.889. The average molecular weight is 403 g/mol. The van der Waals surface area contributed by atoms with Crippen molar-refractivity contribution in [2.75, 3.05) is 39.5 Å². The van der Waals surface area contributed by atoms with Crippen LogP contribution in [0.4, 0.5) is 0 Å². The van der Waals surface area contributed by atoms with E-state index in [1.165, 1.54) is 22.5 Å². The molecule has 0 saturated carbocycles. The van der Waals surface area contributed by atoms with Crippen LogP contribution in [0.2, 0.25) is 5.02 Å². The van der Waals surface area contributed by atoms with Crippen molar-refractivity contribution >= 4 is 33.4 Å². The van der Waals surface area contributed by atoms with Gasteiger partial charge in [-0.05, 0) is 24.6 Å². The number of imide groups is 1. The summed E-state index contributed by atoms with van der Waals surface area (Å²) in [5.74, 6) is -0.460. The minimum Gasteiger partial charge on any atom is -0.482 e. The molecule has 0 spiro atoms. The van der Waals surface area contributed by atoms with E-state index in [2.05, 4.69) is 0 Å². The third-order valence-corrected chi connectivity index (χ3v) is 6.43. The topological polar surface area (TPSA) is 93.2 Å². The van der Waals surface area contributed by atoms with Gasteiger partial charge in [0.15, 0.2) is 6.61 Å². The monoisotopic (exact) mass is 402 g/mol. The van der Waals surface area contributed by atoms with Gasteiger partial charge in [0.1, 0.15) is 5.75 Å². The lowest BCUT2D eigenvalue weighted by atomic mass is 10.3. The molecule has 2 fully saturated rings. The number of morpholine rings is 1. The van der Waals surface area contributed by atoms with Crippen molar-refractivity contribution in [3.8, 4) is 5.75 Å². The molecular weight excluding hydrogens is 384 g/mol. The summed E-state index contributed by atoms with van der Waals surface area (Å²) in [4.78, 5) is 24.7. The fourth-order valence-corrected chi connectivity index (χ4v) is 4.56. The number of hydrogen-bond acceptors (Lipinski definition) is 6. The summed E-state index contributed by atoms with van der Waals surface area (Å²) < 4.78 is 37.1. The first-order valence-electron chi connectivity index (χ1n) is 8.23. The van der Waals surface area contributed by atoms with E-state index in [1.54, 1.807) is 0 Å². The molecular formula is C16H19ClN2O6S. The molecule has 142 valence electrons. The van der Waals surface area contributed by atoms with Crippen molar-refractivity contribution in [3.63, 3.8) is 0 Å². The number of nitrogens with zero attached hydrogens (tertiary/aromatic N) is 2. The number of benzene rings is 1. The number of carbonyl (C=O) groups excluding carboxylic acids is 2. The standard InChI is InChI=1S/C16H19ClN2O6S/c17-13-10-12(26(22,23)18-6-8-24-9-7-18)3-4-14(13)25-11-16(21)19-5-1-2-15(19)20/h3-4,10H,1-2,5-9,11H2. The highest BCUT2D eigenvalue weighted by Gasteiger charge is 2.28. The van der Waals surface area contributed by atoms with Crippen LogP contribution in [0.5, 0.6) is 5.75 Å². The van der Waals surface area contributed by atoms with Crippen molar-refractivity contribution in [2.24, 2.45) is 0 Å². The van der Waals surface area contributed by atoms with Gasteiger partial charge in [-0.3, -0.25) is 14.5 Å². The molecule has 2 aliphatic rings. The quantitative estimate of drug-likeness (QED) is 0.726. The van der Waals surface area contributed by atoms with Crippen LogP contribution >= 0.6 is 11.6 Å². The van der Waals surface area contributed by atoms with Crippen LogP contribution in [0.15, 0.2) is 23.1 Å². The maximum atomic E-state index is 12.6. The van der Waals surface area contributed by atoms with Crippen LogP contribution in [-0.2, 0) is 24.3 Å². The molecule has 26 heavy (non-hydrogen) atoms. The van der Waals surface area contributed by atoms with Gasteiger partial charge in [-0.2, -0.15) is 4.31 Å². The third kappa shape index (κ3) is 4.01. The maximum absolute atomic E-state index is 12.6. The number of ether oxygens (including phenoxy) is 2. The zero-order valence-electron chi connectivity index (χ0n) is 14.0. The number of amides is 2. The third-order valence-electron chi connectivity index (χ3n) is 4.24. The Morgan fingerprint density at radius 2 is 1.96 bits per heavy atom. The molecule has 0 radical (unpaired) electrons. The molecule has 0 N–H and O–H groups in total. The predicted molar refractivity (Wildman–Crippen MR) is 92.5 cm³/mol. The number of likely N-dealkylation sites (tertiary alicyclic amines) is 1. The Kier molecular flexibility index (Phi) is 5.81. The van der Waals surface area contributed by atoms with E-state index >= 15 is 0 Å². The number of carbonyl (C=O) groups is 2. The van der Waals surface area contributed by atoms with E-state index in [0.29, 0.717) is 32.6 Å². The molecule has 1 aromatic carbocycles.